The zero-order chi connectivity index (χ0) is 20.7. The Morgan fingerprint density at radius 1 is 0.933 bits per heavy atom. The molecule has 0 unspecified atom stereocenters. The summed E-state index contributed by atoms with van der Waals surface area (Å²) in [5, 5.41) is 5.12. The van der Waals surface area contributed by atoms with Crippen molar-refractivity contribution in [2.75, 3.05) is 13.7 Å². The zero-order valence-corrected chi connectivity index (χ0v) is 17.5. The van der Waals surface area contributed by atoms with Crippen LogP contribution in [0.3, 0.4) is 0 Å². The van der Waals surface area contributed by atoms with Crippen molar-refractivity contribution in [3.63, 3.8) is 0 Å². The summed E-state index contributed by atoms with van der Waals surface area (Å²) in [7, 11) is 1.69. The van der Waals surface area contributed by atoms with Gasteiger partial charge in [-0.05, 0) is 73.5 Å². The third-order valence-electron chi connectivity index (χ3n) is 5.81. The third-order valence-corrected chi connectivity index (χ3v) is 5.81. The predicted molar refractivity (Wildman–Crippen MR) is 120 cm³/mol. The first-order valence-corrected chi connectivity index (χ1v) is 10.2. The van der Waals surface area contributed by atoms with Gasteiger partial charge in [-0.2, -0.15) is 5.10 Å². The summed E-state index contributed by atoms with van der Waals surface area (Å²) in [4.78, 5) is 0. The molecular weight excluding hydrogens is 372 g/mol. The molecule has 30 heavy (non-hydrogen) atoms. The molecule has 4 nitrogen and oxygen atoms in total. The van der Waals surface area contributed by atoms with Crippen LogP contribution in [0.15, 0.2) is 66.7 Å². The van der Waals surface area contributed by atoms with E-state index in [2.05, 4.69) is 54.9 Å². The molecule has 0 radical (unpaired) electrons. The fraction of sp³-hybridized carbons (Fsp3) is 0.192. The van der Waals surface area contributed by atoms with E-state index >= 15 is 0 Å². The highest BCUT2D eigenvalue weighted by atomic mass is 16.5. The SMILES string of the molecule is COc1ccc(-c2c3c(nn2-c2ccccc2)-c2cc(C)c(C)cc2OCC3)cc1. The van der Waals surface area contributed by atoms with Crippen LogP contribution in [-0.4, -0.2) is 23.5 Å². The summed E-state index contributed by atoms with van der Waals surface area (Å²) >= 11 is 0. The Hall–Kier alpha value is -3.53. The fourth-order valence-electron chi connectivity index (χ4n) is 4.06. The molecule has 1 aliphatic rings. The van der Waals surface area contributed by atoms with Gasteiger partial charge in [0.2, 0.25) is 0 Å². The fourth-order valence-corrected chi connectivity index (χ4v) is 4.06. The lowest BCUT2D eigenvalue weighted by atomic mass is 9.97. The van der Waals surface area contributed by atoms with E-state index in [1.54, 1.807) is 7.11 Å². The minimum atomic E-state index is 0.631. The molecule has 0 atom stereocenters. The number of aryl methyl sites for hydroxylation is 2. The van der Waals surface area contributed by atoms with Gasteiger partial charge in [0.25, 0.3) is 0 Å². The van der Waals surface area contributed by atoms with E-state index in [1.165, 1.54) is 16.7 Å². The number of rotatable bonds is 3. The van der Waals surface area contributed by atoms with E-state index in [0.717, 1.165) is 46.1 Å². The summed E-state index contributed by atoms with van der Waals surface area (Å²) in [5.74, 6) is 1.76. The molecule has 0 aliphatic carbocycles. The molecule has 5 rings (SSSR count). The zero-order valence-electron chi connectivity index (χ0n) is 17.5. The van der Waals surface area contributed by atoms with Gasteiger partial charge in [-0.25, -0.2) is 4.68 Å². The predicted octanol–water partition coefficient (Wildman–Crippen LogP) is 5.77. The van der Waals surface area contributed by atoms with Crippen LogP contribution in [-0.2, 0) is 6.42 Å². The highest BCUT2D eigenvalue weighted by molar-refractivity contribution is 5.80. The van der Waals surface area contributed by atoms with Crippen molar-refractivity contribution in [3.8, 4) is 39.7 Å². The number of para-hydroxylation sites is 1. The van der Waals surface area contributed by atoms with Crippen molar-refractivity contribution in [3.05, 3.63) is 83.4 Å². The number of hydrogen-bond donors (Lipinski definition) is 0. The molecule has 4 heteroatoms. The Kier molecular flexibility index (Phi) is 4.55. The van der Waals surface area contributed by atoms with E-state index in [-0.39, 0.29) is 0 Å². The van der Waals surface area contributed by atoms with Gasteiger partial charge in [0, 0.05) is 23.1 Å². The number of nitrogens with zero attached hydrogens (tertiary/aromatic N) is 2. The molecule has 150 valence electrons. The van der Waals surface area contributed by atoms with E-state index in [1.807, 2.05) is 30.3 Å². The van der Waals surface area contributed by atoms with Crippen LogP contribution in [0.1, 0.15) is 16.7 Å². The maximum atomic E-state index is 6.13. The van der Waals surface area contributed by atoms with Crippen LogP contribution in [0.5, 0.6) is 11.5 Å². The standard InChI is InChI=1S/C26H24N2O2/c1-17-15-23-24(16-18(17)2)30-14-13-22-25(23)27-28(20-7-5-4-6-8-20)26(22)19-9-11-21(29-3)12-10-19/h4-12,15-16H,13-14H2,1-3H3. The van der Waals surface area contributed by atoms with Crippen LogP contribution in [0.4, 0.5) is 0 Å². The van der Waals surface area contributed by atoms with Crippen molar-refractivity contribution < 1.29 is 9.47 Å². The van der Waals surface area contributed by atoms with Crippen molar-refractivity contribution in [2.45, 2.75) is 20.3 Å². The van der Waals surface area contributed by atoms with Crippen LogP contribution in [0.25, 0.3) is 28.2 Å². The van der Waals surface area contributed by atoms with Gasteiger partial charge in [-0.15, -0.1) is 0 Å². The van der Waals surface area contributed by atoms with E-state index in [4.69, 9.17) is 14.6 Å². The first-order chi connectivity index (χ1) is 14.7. The lowest BCUT2D eigenvalue weighted by Crippen LogP contribution is -2.04. The van der Waals surface area contributed by atoms with Gasteiger partial charge in [-0.1, -0.05) is 18.2 Å². The van der Waals surface area contributed by atoms with Crippen LogP contribution in [0, 0.1) is 13.8 Å². The monoisotopic (exact) mass is 396 g/mol. The largest absolute Gasteiger partial charge is 0.497 e. The number of fused-ring (bicyclic) bond motifs is 3. The molecule has 0 saturated heterocycles. The minimum Gasteiger partial charge on any atom is -0.497 e. The molecular formula is C26H24N2O2. The maximum Gasteiger partial charge on any atom is 0.129 e. The first kappa shape index (κ1) is 18.5. The van der Waals surface area contributed by atoms with Crippen molar-refractivity contribution in [1.29, 1.82) is 0 Å². The molecule has 3 aromatic carbocycles. The highest BCUT2D eigenvalue weighted by Crippen LogP contribution is 2.41. The molecule has 1 aromatic heterocycles. The minimum absolute atomic E-state index is 0.631. The lowest BCUT2D eigenvalue weighted by molar-refractivity contribution is 0.326. The average molecular weight is 396 g/mol. The van der Waals surface area contributed by atoms with Gasteiger partial charge in [0.05, 0.1) is 25.1 Å². The Morgan fingerprint density at radius 2 is 1.67 bits per heavy atom. The average Bonchev–Trinajstić information content (AvgIpc) is 3.07. The Labute approximate surface area is 176 Å². The van der Waals surface area contributed by atoms with E-state index < -0.39 is 0 Å². The Balaban J connectivity index is 1.79. The first-order valence-electron chi connectivity index (χ1n) is 10.2. The molecule has 0 amide bonds. The topological polar surface area (TPSA) is 36.3 Å². The van der Waals surface area contributed by atoms with Crippen molar-refractivity contribution in [1.82, 2.24) is 9.78 Å². The molecule has 1 aliphatic heterocycles. The van der Waals surface area contributed by atoms with Crippen molar-refractivity contribution >= 4 is 0 Å². The smallest absolute Gasteiger partial charge is 0.129 e. The molecule has 0 N–H and O–H groups in total. The second-order valence-electron chi connectivity index (χ2n) is 7.68. The van der Waals surface area contributed by atoms with Gasteiger partial charge >= 0.3 is 0 Å². The number of aromatic nitrogens is 2. The van der Waals surface area contributed by atoms with Crippen molar-refractivity contribution in [2.24, 2.45) is 0 Å². The van der Waals surface area contributed by atoms with Crippen LogP contribution < -0.4 is 9.47 Å². The molecule has 0 saturated carbocycles. The van der Waals surface area contributed by atoms with Crippen LogP contribution >= 0.6 is 0 Å². The number of methoxy groups -OCH3 is 1. The number of hydrogen-bond acceptors (Lipinski definition) is 3. The molecule has 2 heterocycles. The Bertz CT molecular complexity index is 1210. The van der Waals surface area contributed by atoms with Gasteiger partial charge in [-0.3, -0.25) is 0 Å². The molecule has 4 aromatic rings. The second kappa shape index (κ2) is 7.38. The molecule has 0 fully saturated rings. The lowest BCUT2D eigenvalue weighted by Gasteiger charge is -2.12. The molecule has 0 spiro atoms. The summed E-state index contributed by atoms with van der Waals surface area (Å²) in [6, 6.07) is 22.8. The van der Waals surface area contributed by atoms with E-state index in [0.29, 0.717) is 6.61 Å². The highest BCUT2D eigenvalue weighted by Gasteiger charge is 2.26. The summed E-state index contributed by atoms with van der Waals surface area (Å²) in [6.45, 7) is 4.89. The van der Waals surface area contributed by atoms with Gasteiger partial charge in [0.15, 0.2) is 0 Å². The Morgan fingerprint density at radius 3 is 2.40 bits per heavy atom. The number of ether oxygens (including phenoxy) is 2. The second-order valence-corrected chi connectivity index (χ2v) is 7.68. The van der Waals surface area contributed by atoms with E-state index in [9.17, 15) is 0 Å². The summed E-state index contributed by atoms with van der Waals surface area (Å²) in [6.07, 6.45) is 0.802. The summed E-state index contributed by atoms with van der Waals surface area (Å²) in [5.41, 5.74) is 9.01. The molecule has 0 bridgehead atoms. The van der Waals surface area contributed by atoms with Crippen LogP contribution in [0.2, 0.25) is 0 Å². The summed E-state index contributed by atoms with van der Waals surface area (Å²) < 4.78 is 13.6. The van der Waals surface area contributed by atoms with Gasteiger partial charge in [0.1, 0.15) is 17.2 Å². The third kappa shape index (κ3) is 3.05. The number of benzene rings is 3. The quantitative estimate of drug-likeness (QED) is 0.441. The van der Waals surface area contributed by atoms with Gasteiger partial charge < -0.3 is 9.47 Å². The maximum absolute atomic E-state index is 6.13. The normalized spacial score (nSPS) is 12.5.